The zero-order valence-corrected chi connectivity index (χ0v) is 17.1. The Morgan fingerprint density at radius 3 is 2.68 bits per heavy atom. The fourth-order valence-corrected chi connectivity index (χ4v) is 2.68. The number of aliphatic imine (C=N–C) groups is 2. The van der Waals surface area contributed by atoms with Crippen molar-refractivity contribution in [2.24, 2.45) is 9.98 Å². The van der Waals surface area contributed by atoms with Crippen molar-refractivity contribution in [3.05, 3.63) is 54.0 Å². The number of fused-ring (bicyclic) bond motifs is 1. The predicted octanol–water partition coefficient (Wildman–Crippen LogP) is 2.95. The van der Waals surface area contributed by atoms with Gasteiger partial charge >= 0.3 is 6.03 Å². The number of aromatic nitrogens is 2. The summed E-state index contributed by atoms with van der Waals surface area (Å²) in [5, 5.41) is 5.59. The van der Waals surface area contributed by atoms with E-state index in [4.69, 9.17) is 0 Å². The molecule has 10 heteroatoms. The van der Waals surface area contributed by atoms with Gasteiger partial charge in [0.1, 0.15) is 11.3 Å². The summed E-state index contributed by atoms with van der Waals surface area (Å²) in [6.07, 6.45) is 3.92. The molecule has 31 heavy (non-hydrogen) atoms. The van der Waals surface area contributed by atoms with Gasteiger partial charge in [0.2, 0.25) is 0 Å². The molecule has 0 spiro atoms. The lowest BCUT2D eigenvalue weighted by atomic mass is 10.1. The number of hydrogen-bond acceptors (Lipinski definition) is 4. The Bertz CT molecular complexity index is 1190. The van der Waals surface area contributed by atoms with E-state index in [9.17, 15) is 14.0 Å². The highest BCUT2D eigenvalue weighted by Gasteiger charge is 2.17. The second kappa shape index (κ2) is 9.53. The Labute approximate surface area is 177 Å². The minimum Gasteiger partial charge on any atom is -0.379 e. The molecule has 2 aromatic heterocycles. The third-order valence-electron chi connectivity index (χ3n) is 4.03. The summed E-state index contributed by atoms with van der Waals surface area (Å²) in [4.78, 5) is 42.5. The van der Waals surface area contributed by atoms with Gasteiger partial charge in [-0.3, -0.25) is 10.1 Å². The highest BCUT2D eigenvalue weighted by molar-refractivity contribution is 6.11. The number of rotatable bonds is 5. The van der Waals surface area contributed by atoms with Crippen LogP contribution in [0.5, 0.6) is 0 Å². The van der Waals surface area contributed by atoms with Crippen molar-refractivity contribution >= 4 is 41.3 Å². The molecule has 3 aromatic rings. The summed E-state index contributed by atoms with van der Waals surface area (Å²) < 4.78 is 13.7. The van der Waals surface area contributed by atoms with E-state index >= 15 is 0 Å². The van der Waals surface area contributed by atoms with Gasteiger partial charge in [0.15, 0.2) is 5.82 Å². The first-order chi connectivity index (χ1) is 14.9. The maximum Gasteiger partial charge on any atom is 0.347 e. The normalized spacial score (nSPS) is 11.2. The predicted molar refractivity (Wildman–Crippen MR) is 118 cm³/mol. The van der Waals surface area contributed by atoms with Crippen molar-refractivity contribution in [1.29, 1.82) is 0 Å². The Morgan fingerprint density at radius 2 is 1.97 bits per heavy atom. The molecule has 0 fully saturated rings. The highest BCUT2D eigenvalue weighted by atomic mass is 19.1. The smallest absolute Gasteiger partial charge is 0.347 e. The van der Waals surface area contributed by atoms with Crippen molar-refractivity contribution in [3.63, 3.8) is 0 Å². The molecular formula is C21H20FN7O2. The first-order valence-corrected chi connectivity index (χ1v) is 9.20. The number of benzene rings is 1. The van der Waals surface area contributed by atoms with Crippen molar-refractivity contribution in [2.45, 2.75) is 0 Å². The number of nitrogens with one attached hydrogen (secondary N) is 2. The first kappa shape index (κ1) is 21.5. The third kappa shape index (κ3) is 5.24. The average molecular weight is 421 g/mol. The van der Waals surface area contributed by atoms with Crippen LogP contribution in [0, 0.1) is 5.82 Å². The van der Waals surface area contributed by atoms with Gasteiger partial charge < -0.3 is 10.2 Å². The molecule has 0 aliphatic heterocycles. The summed E-state index contributed by atoms with van der Waals surface area (Å²) in [5.41, 5.74) is 1.45. The lowest BCUT2D eigenvalue weighted by Crippen LogP contribution is -2.13. The summed E-state index contributed by atoms with van der Waals surface area (Å²) in [7, 11) is 5.08. The lowest BCUT2D eigenvalue weighted by molar-refractivity contribution is 0.100. The minimum atomic E-state index is -0.675. The van der Waals surface area contributed by atoms with E-state index in [1.54, 1.807) is 50.3 Å². The zero-order chi connectivity index (χ0) is 22.4. The number of nitrogens with zero attached hydrogens (tertiary/aromatic N) is 5. The Kier molecular flexibility index (Phi) is 6.61. The quantitative estimate of drug-likeness (QED) is 0.484. The Morgan fingerprint density at radius 1 is 1.16 bits per heavy atom. The monoisotopic (exact) mass is 421 g/mol. The number of carbonyl (C=O) groups is 2. The summed E-state index contributed by atoms with van der Waals surface area (Å²) in [5.74, 6) is -0.813. The molecule has 0 radical (unpaired) electrons. The van der Waals surface area contributed by atoms with Crippen LogP contribution in [0.3, 0.4) is 0 Å². The summed E-state index contributed by atoms with van der Waals surface area (Å²) >= 11 is 0. The van der Waals surface area contributed by atoms with Crippen LogP contribution in [0.2, 0.25) is 0 Å². The number of amides is 3. The SMILES string of the molecule is CN/C=N/C(=O)Nc1ncc(C(=O)/N=C/N(C)C)c2ccc(-c3cccc(F)c3)nc12. The van der Waals surface area contributed by atoms with Gasteiger partial charge in [-0.25, -0.2) is 19.2 Å². The van der Waals surface area contributed by atoms with Crippen LogP contribution in [0.15, 0.2) is 52.6 Å². The fourth-order valence-electron chi connectivity index (χ4n) is 2.68. The number of halogens is 1. The topological polar surface area (TPSA) is 112 Å². The van der Waals surface area contributed by atoms with E-state index in [1.807, 2.05) is 0 Å². The first-order valence-electron chi connectivity index (χ1n) is 9.20. The third-order valence-corrected chi connectivity index (χ3v) is 4.03. The van der Waals surface area contributed by atoms with Crippen molar-refractivity contribution in [3.8, 4) is 11.3 Å². The summed E-state index contributed by atoms with van der Waals surface area (Å²) in [6, 6.07) is 8.59. The van der Waals surface area contributed by atoms with Crippen LogP contribution in [-0.2, 0) is 0 Å². The maximum atomic E-state index is 13.7. The fraction of sp³-hybridized carbons (Fsp3) is 0.143. The Hall–Kier alpha value is -4.21. The van der Waals surface area contributed by atoms with E-state index in [0.717, 1.165) is 0 Å². The molecule has 3 rings (SSSR count). The molecule has 0 aliphatic carbocycles. The largest absolute Gasteiger partial charge is 0.379 e. The van der Waals surface area contributed by atoms with Gasteiger partial charge in [0, 0.05) is 38.3 Å². The van der Waals surface area contributed by atoms with Gasteiger partial charge in [-0.05, 0) is 24.3 Å². The molecule has 9 nitrogen and oxygen atoms in total. The molecular weight excluding hydrogens is 401 g/mol. The van der Waals surface area contributed by atoms with Crippen LogP contribution in [0.25, 0.3) is 22.2 Å². The van der Waals surface area contributed by atoms with Crippen LogP contribution in [-0.4, -0.2) is 60.6 Å². The molecule has 3 amide bonds. The average Bonchev–Trinajstić information content (AvgIpc) is 2.76. The van der Waals surface area contributed by atoms with Crippen LogP contribution >= 0.6 is 0 Å². The van der Waals surface area contributed by atoms with E-state index in [0.29, 0.717) is 16.6 Å². The van der Waals surface area contributed by atoms with E-state index < -0.39 is 17.8 Å². The summed E-state index contributed by atoms with van der Waals surface area (Å²) in [6.45, 7) is 0. The van der Waals surface area contributed by atoms with E-state index in [-0.39, 0.29) is 16.9 Å². The number of hydrogen-bond donors (Lipinski definition) is 2. The van der Waals surface area contributed by atoms with Crippen LogP contribution in [0.4, 0.5) is 15.0 Å². The van der Waals surface area contributed by atoms with Gasteiger partial charge in [-0.2, -0.15) is 9.98 Å². The van der Waals surface area contributed by atoms with E-state index in [1.165, 1.54) is 31.0 Å². The molecule has 158 valence electrons. The molecule has 0 aliphatic rings. The molecule has 0 unspecified atom stereocenters. The van der Waals surface area contributed by atoms with Crippen LogP contribution in [0.1, 0.15) is 10.4 Å². The van der Waals surface area contributed by atoms with Crippen LogP contribution < -0.4 is 10.6 Å². The van der Waals surface area contributed by atoms with Gasteiger partial charge in [0.05, 0.1) is 23.9 Å². The highest BCUT2D eigenvalue weighted by Crippen LogP contribution is 2.28. The molecule has 1 aromatic carbocycles. The molecule has 0 atom stereocenters. The second-order valence-electron chi connectivity index (χ2n) is 6.61. The van der Waals surface area contributed by atoms with Gasteiger partial charge in [-0.1, -0.05) is 12.1 Å². The molecule has 2 heterocycles. The number of carbonyl (C=O) groups excluding carboxylic acids is 2. The van der Waals surface area contributed by atoms with Gasteiger partial charge in [0.25, 0.3) is 5.91 Å². The van der Waals surface area contributed by atoms with E-state index in [2.05, 4.69) is 30.6 Å². The molecule has 0 bridgehead atoms. The lowest BCUT2D eigenvalue weighted by Gasteiger charge is -2.10. The standard InChI is InChI=1S/C21H20FN7O2/c1-23-11-25-21(31)28-19-18-15(16(10-24-19)20(30)26-12-29(2)3)7-8-17(27-18)13-5-4-6-14(22)9-13/h4-12H,1-3H3,(H2,23,24,25,28,31)/b26-12+. The number of anilines is 1. The molecule has 2 N–H and O–H groups in total. The second-order valence-corrected chi connectivity index (χ2v) is 6.61. The Balaban J connectivity index is 2.14. The van der Waals surface area contributed by atoms with Crippen molar-refractivity contribution in [1.82, 2.24) is 20.2 Å². The van der Waals surface area contributed by atoms with Gasteiger partial charge in [-0.15, -0.1) is 0 Å². The molecule has 0 saturated carbocycles. The zero-order valence-electron chi connectivity index (χ0n) is 17.1. The maximum absolute atomic E-state index is 13.7. The van der Waals surface area contributed by atoms with Crippen molar-refractivity contribution < 1.29 is 14.0 Å². The minimum absolute atomic E-state index is 0.111. The number of pyridine rings is 2. The van der Waals surface area contributed by atoms with Crippen molar-refractivity contribution in [2.75, 3.05) is 26.5 Å². The molecule has 0 saturated heterocycles. The number of urea groups is 1.